The Labute approximate surface area is 169 Å². The van der Waals surface area contributed by atoms with E-state index < -0.39 is 6.17 Å². The second-order valence-corrected chi connectivity index (χ2v) is 7.37. The van der Waals surface area contributed by atoms with Gasteiger partial charge >= 0.3 is 0 Å². The molecule has 2 aromatic rings. The van der Waals surface area contributed by atoms with Gasteiger partial charge in [-0.2, -0.15) is 0 Å². The van der Waals surface area contributed by atoms with Crippen LogP contribution in [0.3, 0.4) is 0 Å². The van der Waals surface area contributed by atoms with Crippen LogP contribution < -0.4 is 10.1 Å². The molecule has 28 heavy (non-hydrogen) atoms. The summed E-state index contributed by atoms with van der Waals surface area (Å²) in [6.07, 6.45) is 1.50. The van der Waals surface area contributed by atoms with Crippen LogP contribution in [0.4, 0.5) is 5.69 Å². The molecule has 1 fully saturated rings. The third-order valence-corrected chi connectivity index (χ3v) is 5.40. The van der Waals surface area contributed by atoms with Crippen molar-refractivity contribution in [3.63, 3.8) is 0 Å². The number of hydrogen-bond donors (Lipinski definition) is 2. The van der Waals surface area contributed by atoms with Crippen molar-refractivity contribution >= 4 is 23.2 Å². The molecule has 1 amide bonds. The second-order valence-electron chi connectivity index (χ2n) is 6.97. The number of fused-ring (bicyclic) bond motifs is 1. The number of nitrogens with zero attached hydrogens (tertiary/aromatic N) is 1. The van der Waals surface area contributed by atoms with Gasteiger partial charge in [0.25, 0.3) is 5.91 Å². The van der Waals surface area contributed by atoms with Crippen molar-refractivity contribution in [2.75, 3.05) is 25.1 Å². The summed E-state index contributed by atoms with van der Waals surface area (Å²) < 4.78 is 11.3. The molecule has 2 aliphatic heterocycles. The highest BCUT2D eigenvalue weighted by molar-refractivity contribution is 6.32. The number of halogens is 1. The number of amides is 1. The fourth-order valence-corrected chi connectivity index (χ4v) is 3.99. The first-order valence-electron chi connectivity index (χ1n) is 9.51. The van der Waals surface area contributed by atoms with E-state index in [4.69, 9.17) is 21.1 Å². The van der Waals surface area contributed by atoms with Crippen LogP contribution in [0.25, 0.3) is 0 Å². The minimum Gasteiger partial charge on any atom is -0.503 e. The standard InChI is InChI=1S/C21H23ClN2O4/c1-2-27-18-11-13(10-16(22)19(18)25)20-23-17-8-4-3-7-15(17)21(26)24(20)12-14-6-5-9-28-14/h3-4,7-8,10-11,14,20,23,25H,2,5-6,9,12H2,1H3/t14-,20+/m1/s1. The van der Waals surface area contributed by atoms with Crippen LogP contribution in [-0.2, 0) is 4.74 Å². The minimum absolute atomic E-state index is 0.0115. The molecule has 0 saturated carbocycles. The number of carbonyl (C=O) groups is 1. The lowest BCUT2D eigenvalue weighted by molar-refractivity contribution is 0.0426. The Bertz CT molecular complexity index is 883. The summed E-state index contributed by atoms with van der Waals surface area (Å²) in [4.78, 5) is 15.0. The molecule has 2 atom stereocenters. The Morgan fingerprint density at radius 1 is 1.36 bits per heavy atom. The van der Waals surface area contributed by atoms with Crippen LogP contribution >= 0.6 is 11.6 Å². The third-order valence-electron chi connectivity index (χ3n) is 5.11. The molecule has 7 heteroatoms. The topological polar surface area (TPSA) is 71.0 Å². The average molecular weight is 403 g/mol. The van der Waals surface area contributed by atoms with Gasteiger partial charge in [0.15, 0.2) is 11.5 Å². The van der Waals surface area contributed by atoms with Crippen LogP contribution in [0.15, 0.2) is 36.4 Å². The maximum absolute atomic E-state index is 13.3. The molecule has 1 saturated heterocycles. The molecular weight excluding hydrogens is 380 g/mol. The molecular formula is C21H23ClN2O4. The average Bonchev–Trinajstić information content (AvgIpc) is 3.21. The van der Waals surface area contributed by atoms with Crippen LogP contribution in [0.1, 0.15) is 41.9 Å². The van der Waals surface area contributed by atoms with E-state index in [2.05, 4.69) is 5.32 Å². The van der Waals surface area contributed by atoms with Gasteiger partial charge in [-0.3, -0.25) is 4.79 Å². The maximum Gasteiger partial charge on any atom is 0.257 e. The number of phenols is 1. The van der Waals surface area contributed by atoms with Crippen molar-refractivity contribution in [3.05, 3.63) is 52.5 Å². The summed E-state index contributed by atoms with van der Waals surface area (Å²) in [6.45, 7) is 3.43. The van der Waals surface area contributed by atoms with E-state index in [1.54, 1.807) is 17.0 Å². The van der Waals surface area contributed by atoms with Gasteiger partial charge in [0, 0.05) is 24.4 Å². The molecule has 2 heterocycles. The molecule has 2 aromatic carbocycles. The van der Waals surface area contributed by atoms with Crippen molar-refractivity contribution in [1.82, 2.24) is 4.90 Å². The first-order chi connectivity index (χ1) is 13.6. The number of rotatable bonds is 5. The van der Waals surface area contributed by atoms with Crippen LogP contribution in [0.5, 0.6) is 11.5 Å². The fraction of sp³-hybridized carbons (Fsp3) is 0.381. The number of phenolic OH excluding ortho intramolecular Hbond substituents is 1. The molecule has 2 N–H and O–H groups in total. The molecule has 4 rings (SSSR count). The predicted octanol–water partition coefficient (Wildman–Crippen LogP) is 4.19. The first kappa shape index (κ1) is 18.9. The Balaban J connectivity index is 1.75. The van der Waals surface area contributed by atoms with Gasteiger partial charge in [-0.1, -0.05) is 23.7 Å². The lowest BCUT2D eigenvalue weighted by Gasteiger charge is -2.39. The van der Waals surface area contributed by atoms with Gasteiger partial charge in [-0.15, -0.1) is 0 Å². The number of carbonyl (C=O) groups excluding carboxylic acids is 1. The molecule has 2 aliphatic rings. The van der Waals surface area contributed by atoms with E-state index in [1.807, 2.05) is 31.2 Å². The molecule has 0 radical (unpaired) electrons. The monoisotopic (exact) mass is 402 g/mol. The van der Waals surface area contributed by atoms with Crippen molar-refractivity contribution in [3.8, 4) is 11.5 Å². The SMILES string of the molecule is CCOc1cc([C@H]2Nc3ccccc3C(=O)N2C[C@H]2CCCO2)cc(Cl)c1O. The van der Waals surface area contributed by atoms with E-state index in [1.165, 1.54) is 0 Å². The van der Waals surface area contributed by atoms with E-state index in [-0.39, 0.29) is 22.8 Å². The highest BCUT2D eigenvalue weighted by Gasteiger charge is 2.35. The van der Waals surface area contributed by atoms with E-state index >= 15 is 0 Å². The summed E-state index contributed by atoms with van der Waals surface area (Å²) in [7, 11) is 0. The fourth-order valence-electron chi connectivity index (χ4n) is 3.77. The lowest BCUT2D eigenvalue weighted by Crippen LogP contribution is -2.46. The summed E-state index contributed by atoms with van der Waals surface area (Å²) in [5.41, 5.74) is 2.14. The largest absolute Gasteiger partial charge is 0.503 e. The molecule has 0 spiro atoms. The smallest absolute Gasteiger partial charge is 0.257 e. The van der Waals surface area contributed by atoms with Crippen LogP contribution in [-0.4, -0.2) is 41.8 Å². The van der Waals surface area contributed by atoms with Crippen molar-refractivity contribution in [2.24, 2.45) is 0 Å². The molecule has 0 unspecified atom stereocenters. The molecule has 6 nitrogen and oxygen atoms in total. The van der Waals surface area contributed by atoms with E-state index in [9.17, 15) is 9.90 Å². The number of aromatic hydroxyl groups is 1. The van der Waals surface area contributed by atoms with Gasteiger partial charge in [0.05, 0.1) is 23.3 Å². The van der Waals surface area contributed by atoms with Crippen LogP contribution in [0, 0.1) is 0 Å². The number of nitrogens with one attached hydrogen (secondary N) is 1. The highest BCUT2D eigenvalue weighted by Crippen LogP contribution is 2.40. The highest BCUT2D eigenvalue weighted by atomic mass is 35.5. The van der Waals surface area contributed by atoms with E-state index in [0.29, 0.717) is 24.5 Å². The predicted molar refractivity (Wildman–Crippen MR) is 107 cm³/mol. The number of anilines is 1. The van der Waals surface area contributed by atoms with Gasteiger partial charge in [0.1, 0.15) is 6.17 Å². The lowest BCUT2D eigenvalue weighted by atomic mass is 10.0. The van der Waals surface area contributed by atoms with Crippen LogP contribution in [0.2, 0.25) is 5.02 Å². The maximum atomic E-state index is 13.3. The Hall–Kier alpha value is -2.44. The zero-order chi connectivity index (χ0) is 19.7. The summed E-state index contributed by atoms with van der Waals surface area (Å²) in [5.74, 6) is 0.146. The number of ether oxygens (including phenoxy) is 2. The number of hydrogen-bond acceptors (Lipinski definition) is 5. The minimum atomic E-state index is -0.441. The summed E-state index contributed by atoms with van der Waals surface area (Å²) in [6, 6.07) is 10.8. The second kappa shape index (κ2) is 7.89. The Morgan fingerprint density at radius 3 is 2.93 bits per heavy atom. The normalized spacial score (nSPS) is 21.4. The zero-order valence-electron chi connectivity index (χ0n) is 15.7. The van der Waals surface area contributed by atoms with Gasteiger partial charge < -0.3 is 24.8 Å². The van der Waals surface area contributed by atoms with E-state index in [0.717, 1.165) is 30.7 Å². The Morgan fingerprint density at radius 2 is 2.18 bits per heavy atom. The quantitative estimate of drug-likeness (QED) is 0.784. The molecule has 0 bridgehead atoms. The number of benzene rings is 2. The first-order valence-corrected chi connectivity index (χ1v) is 9.89. The zero-order valence-corrected chi connectivity index (χ0v) is 16.4. The number of para-hydroxylation sites is 1. The van der Waals surface area contributed by atoms with Gasteiger partial charge in [-0.05, 0) is 44.0 Å². The van der Waals surface area contributed by atoms with Crippen molar-refractivity contribution in [1.29, 1.82) is 0 Å². The molecule has 148 valence electrons. The third kappa shape index (κ3) is 3.50. The van der Waals surface area contributed by atoms with Gasteiger partial charge in [-0.25, -0.2) is 0 Å². The molecule has 0 aromatic heterocycles. The summed E-state index contributed by atoms with van der Waals surface area (Å²) in [5, 5.41) is 13.8. The summed E-state index contributed by atoms with van der Waals surface area (Å²) >= 11 is 6.24. The van der Waals surface area contributed by atoms with Gasteiger partial charge in [0.2, 0.25) is 0 Å². The molecule has 0 aliphatic carbocycles. The van der Waals surface area contributed by atoms with Crippen molar-refractivity contribution < 1.29 is 19.4 Å². The Kier molecular flexibility index (Phi) is 5.33. The van der Waals surface area contributed by atoms with Crippen molar-refractivity contribution in [2.45, 2.75) is 32.0 Å².